The van der Waals surface area contributed by atoms with Crippen molar-refractivity contribution < 1.29 is 9.90 Å². The van der Waals surface area contributed by atoms with Crippen molar-refractivity contribution in [1.29, 1.82) is 0 Å². The number of hydrogen-bond acceptors (Lipinski definition) is 5. The highest BCUT2D eigenvalue weighted by Gasteiger charge is 2.30. The number of carbonyl (C=O) groups excluding carboxylic acids is 1. The summed E-state index contributed by atoms with van der Waals surface area (Å²) in [6, 6.07) is 2.16. The number of amides is 1. The first-order chi connectivity index (χ1) is 10.1. The summed E-state index contributed by atoms with van der Waals surface area (Å²) in [5, 5.41) is 13.1. The van der Waals surface area contributed by atoms with Crippen molar-refractivity contribution in [3.63, 3.8) is 0 Å². The standard InChI is InChI=1S/C15H17N3O2S/c16-12-10-4-7-2-1-3-11(7)18-15(10)21-13(12)14(20)17-8-5-9(19)6-8/h4,8-9,19H,1-3,5-6,16H2,(H,17,20). The summed E-state index contributed by atoms with van der Waals surface area (Å²) in [5.41, 5.74) is 9.11. The topological polar surface area (TPSA) is 88.2 Å². The molecule has 2 aliphatic rings. The molecule has 0 unspecified atom stereocenters. The summed E-state index contributed by atoms with van der Waals surface area (Å²) in [5.74, 6) is -0.146. The smallest absolute Gasteiger partial charge is 0.263 e. The molecule has 110 valence electrons. The van der Waals surface area contributed by atoms with Crippen LogP contribution in [0.25, 0.3) is 10.2 Å². The van der Waals surface area contributed by atoms with E-state index in [4.69, 9.17) is 5.73 Å². The first-order valence-corrected chi connectivity index (χ1v) is 8.13. The molecular weight excluding hydrogens is 286 g/mol. The van der Waals surface area contributed by atoms with Gasteiger partial charge < -0.3 is 16.2 Å². The van der Waals surface area contributed by atoms with Gasteiger partial charge in [-0.05, 0) is 43.7 Å². The average molecular weight is 303 g/mol. The maximum atomic E-state index is 12.3. The van der Waals surface area contributed by atoms with Gasteiger partial charge in [0.2, 0.25) is 0 Å². The number of aliphatic hydroxyl groups excluding tert-OH is 1. The van der Waals surface area contributed by atoms with Gasteiger partial charge in [-0.15, -0.1) is 11.3 Å². The van der Waals surface area contributed by atoms with Gasteiger partial charge in [0, 0.05) is 17.1 Å². The summed E-state index contributed by atoms with van der Waals surface area (Å²) < 4.78 is 0. The molecule has 2 aliphatic carbocycles. The van der Waals surface area contributed by atoms with Crippen LogP contribution in [0.4, 0.5) is 5.69 Å². The maximum Gasteiger partial charge on any atom is 0.263 e. The minimum atomic E-state index is -0.278. The fourth-order valence-electron chi connectivity index (χ4n) is 3.12. The summed E-state index contributed by atoms with van der Waals surface area (Å²) in [4.78, 5) is 18.4. The molecule has 2 aromatic heterocycles. The number of nitrogens with two attached hydrogens (primary N) is 1. The van der Waals surface area contributed by atoms with Crippen LogP contribution in [0.15, 0.2) is 6.07 Å². The number of aryl methyl sites for hydroxylation is 2. The van der Waals surface area contributed by atoms with Crippen LogP contribution in [-0.4, -0.2) is 28.1 Å². The third-order valence-corrected chi connectivity index (χ3v) is 5.52. The van der Waals surface area contributed by atoms with E-state index in [-0.39, 0.29) is 18.1 Å². The van der Waals surface area contributed by atoms with Gasteiger partial charge in [0.05, 0.1) is 11.8 Å². The van der Waals surface area contributed by atoms with E-state index in [2.05, 4.69) is 16.4 Å². The fraction of sp³-hybridized carbons (Fsp3) is 0.467. The van der Waals surface area contributed by atoms with Crippen molar-refractivity contribution in [1.82, 2.24) is 10.3 Å². The largest absolute Gasteiger partial charge is 0.397 e. The molecule has 1 fully saturated rings. The first-order valence-electron chi connectivity index (χ1n) is 7.31. The van der Waals surface area contributed by atoms with Gasteiger partial charge in [0.15, 0.2) is 0 Å². The highest BCUT2D eigenvalue weighted by atomic mass is 32.1. The van der Waals surface area contributed by atoms with Crippen LogP contribution in [0.5, 0.6) is 0 Å². The minimum absolute atomic E-state index is 0.0649. The molecule has 4 N–H and O–H groups in total. The number of nitrogens with one attached hydrogen (secondary N) is 1. The predicted octanol–water partition coefficient (Wildman–Crippen LogP) is 1.62. The van der Waals surface area contributed by atoms with E-state index in [1.54, 1.807) is 0 Å². The number of hydrogen-bond donors (Lipinski definition) is 3. The second-order valence-corrected chi connectivity index (χ2v) is 6.94. The zero-order valence-corrected chi connectivity index (χ0v) is 12.4. The van der Waals surface area contributed by atoms with Crippen LogP contribution in [0.3, 0.4) is 0 Å². The number of aromatic nitrogens is 1. The van der Waals surface area contributed by atoms with Crippen LogP contribution >= 0.6 is 11.3 Å². The lowest BCUT2D eigenvalue weighted by atomic mass is 9.89. The number of nitrogen functional groups attached to an aromatic ring is 1. The van der Waals surface area contributed by atoms with E-state index in [0.29, 0.717) is 23.4 Å². The number of nitrogens with zero attached hydrogens (tertiary/aromatic N) is 1. The van der Waals surface area contributed by atoms with Crippen molar-refractivity contribution >= 4 is 33.1 Å². The molecule has 2 aromatic rings. The van der Waals surface area contributed by atoms with Gasteiger partial charge in [0.25, 0.3) is 5.91 Å². The fourth-order valence-corrected chi connectivity index (χ4v) is 4.12. The Morgan fingerprint density at radius 3 is 3.00 bits per heavy atom. The third kappa shape index (κ3) is 2.10. The van der Waals surface area contributed by atoms with E-state index in [9.17, 15) is 9.90 Å². The Balaban J connectivity index is 1.66. The molecule has 0 aromatic carbocycles. The lowest BCUT2D eigenvalue weighted by Gasteiger charge is -2.31. The molecule has 2 heterocycles. The lowest BCUT2D eigenvalue weighted by Crippen LogP contribution is -2.46. The Kier molecular flexibility index (Phi) is 2.90. The van der Waals surface area contributed by atoms with Crippen molar-refractivity contribution in [2.75, 3.05) is 5.73 Å². The molecule has 0 bridgehead atoms. The zero-order valence-electron chi connectivity index (χ0n) is 11.6. The quantitative estimate of drug-likeness (QED) is 0.786. The summed E-state index contributed by atoms with van der Waals surface area (Å²) in [7, 11) is 0. The third-order valence-electron chi connectivity index (χ3n) is 4.40. The Hall–Kier alpha value is -1.66. The number of aliphatic hydroxyl groups is 1. The molecule has 5 nitrogen and oxygen atoms in total. The average Bonchev–Trinajstić information content (AvgIpc) is 2.99. The molecule has 1 saturated carbocycles. The molecular formula is C15H17N3O2S. The Morgan fingerprint density at radius 1 is 1.43 bits per heavy atom. The van der Waals surface area contributed by atoms with Crippen LogP contribution in [0, 0.1) is 0 Å². The van der Waals surface area contributed by atoms with Crippen LogP contribution in [-0.2, 0) is 12.8 Å². The number of rotatable bonds is 2. The second-order valence-electron chi connectivity index (χ2n) is 5.94. The Labute approximate surface area is 126 Å². The lowest BCUT2D eigenvalue weighted by molar-refractivity contribution is 0.0565. The predicted molar refractivity (Wildman–Crippen MR) is 82.6 cm³/mol. The summed E-state index contributed by atoms with van der Waals surface area (Å²) >= 11 is 1.36. The molecule has 1 amide bonds. The van der Waals surface area contributed by atoms with Crippen LogP contribution in [0.1, 0.15) is 40.2 Å². The minimum Gasteiger partial charge on any atom is -0.397 e. The first kappa shape index (κ1) is 13.0. The van der Waals surface area contributed by atoms with Gasteiger partial charge in [0.1, 0.15) is 9.71 Å². The summed E-state index contributed by atoms with van der Waals surface area (Å²) in [6.45, 7) is 0. The maximum absolute atomic E-state index is 12.3. The molecule has 21 heavy (non-hydrogen) atoms. The molecule has 0 radical (unpaired) electrons. The van der Waals surface area contributed by atoms with Gasteiger partial charge >= 0.3 is 0 Å². The van der Waals surface area contributed by atoms with E-state index >= 15 is 0 Å². The number of carbonyl (C=O) groups is 1. The normalized spacial score (nSPS) is 23.9. The van der Waals surface area contributed by atoms with E-state index in [1.165, 1.54) is 16.9 Å². The van der Waals surface area contributed by atoms with Gasteiger partial charge in [-0.25, -0.2) is 4.98 Å². The van der Waals surface area contributed by atoms with E-state index in [1.807, 2.05) is 0 Å². The van der Waals surface area contributed by atoms with Crippen molar-refractivity contribution in [3.8, 4) is 0 Å². The molecule has 0 aliphatic heterocycles. The molecule has 0 atom stereocenters. The number of thiophene rings is 1. The van der Waals surface area contributed by atoms with E-state index in [0.717, 1.165) is 35.2 Å². The number of fused-ring (bicyclic) bond motifs is 2. The van der Waals surface area contributed by atoms with Crippen LogP contribution < -0.4 is 11.1 Å². The monoisotopic (exact) mass is 303 g/mol. The molecule has 6 heteroatoms. The van der Waals surface area contributed by atoms with Crippen molar-refractivity contribution in [2.24, 2.45) is 0 Å². The van der Waals surface area contributed by atoms with E-state index < -0.39 is 0 Å². The van der Waals surface area contributed by atoms with Gasteiger partial charge in [-0.2, -0.15) is 0 Å². The van der Waals surface area contributed by atoms with Crippen molar-refractivity contribution in [2.45, 2.75) is 44.2 Å². The Bertz CT molecular complexity index is 734. The molecule has 4 rings (SSSR count). The van der Waals surface area contributed by atoms with Crippen molar-refractivity contribution in [3.05, 3.63) is 22.2 Å². The van der Waals surface area contributed by atoms with Crippen LogP contribution in [0.2, 0.25) is 0 Å². The second kappa shape index (κ2) is 4.68. The highest BCUT2D eigenvalue weighted by molar-refractivity contribution is 7.21. The molecule has 0 saturated heterocycles. The zero-order chi connectivity index (χ0) is 14.6. The summed E-state index contributed by atoms with van der Waals surface area (Å²) in [6.07, 6.45) is 4.20. The van der Waals surface area contributed by atoms with Gasteiger partial charge in [-0.1, -0.05) is 0 Å². The Morgan fingerprint density at radius 2 is 2.24 bits per heavy atom. The number of anilines is 1. The van der Waals surface area contributed by atoms with Gasteiger partial charge in [-0.3, -0.25) is 4.79 Å². The highest BCUT2D eigenvalue weighted by Crippen LogP contribution is 2.36. The SMILES string of the molecule is Nc1c(C(=O)NC2CC(O)C2)sc2nc3c(cc12)CCC3. The number of pyridine rings is 1. The molecule has 0 spiro atoms.